The van der Waals surface area contributed by atoms with Crippen molar-refractivity contribution in [2.24, 2.45) is 11.1 Å². The number of rotatable bonds is 3. The van der Waals surface area contributed by atoms with Crippen LogP contribution in [0.3, 0.4) is 0 Å². The summed E-state index contributed by atoms with van der Waals surface area (Å²) in [6.07, 6.45) is 0. The van der Waals surface area contributed by atoms with Gasteiger partial charge in [0.25, 0.3) is 0 Å². The van der Waals surface area contributed by atoms with Crippen LogP contribution in [0.15, 0.2) is 29.2 Å². The number of benzene rings is 1. The van der Waals surface area contributed by atoms with Crippen molar-refractivity contribution in [2.75, 3.05) is 5.75 Å². The summed E-state index contributed by atoms with van der Waals surface area (Å²) in [4.78, 5) is 0.782. The zero-order valence-corrected chi connectivity index (χ0v) is 11.4. The van der Waals surface area contributed by atoms with Crippen molar-refractivity contribution in [3.8, 4) is 0 Å². The van der Waals surface area contributed by atoms with Crippen LogP contribution in [-0.2, 0) is 10.8 Å². The first-order chi connectivity index (χ1) is 7.30. The van der Waals surface area contributed by atoms with E-state index in [0.29, 0.717) is 10.8 Å². The van der Waals surface area contributed by atoms with Gasteiger partial charge in [-0.15, -0.1) is 0 Å². The van der Waals surface area contributed by atoms with Crippen molar-refractivity contribution in [2.45, 2.75) is 31.7 Å². The molecule has 0 fully saturated rings. The van der Waals surface area contributed by atoms with Crippen molar-refractivity contribution < 1.29 is 4.21 Å². The summed E-state index contributed by atoms with van der Waals surface area (Å²) in [5.41, 5.74) is 5.97. The van der Waals surface area contributed by atoms with Crippen molar-refractivity contribution in [1.82, 2.24) is 0 Å². The van der Waals surface area contributed by atoms with Gasteiger partial charge in [-0.25, -0.2) is 0 Å². The molecule has 0 bridgehead atoms. The monoisotopic (exact) mass is 259 g/mol. The van der Waals surface area contributed by atoms with Crippen molar-refractivity contribution in [3.63, 3.8) is 0 Å². The van der Waals surface area contributed by atoms with Crippen LogP contribution in [-0.4, -0.2) is 16.0 Å². The van der Waals surface area contributed by atoms with Crippen molar-refractivity contribution in [1.29, 1.82) is 0 Å². The highest BCUT2D eigenvalue weighted by atomic mass is 35.5. The molecule has 0 aliphatic rings. The Morgan fingerprint density at radius 2 is 1.81 bits per heavy atom. The van der Waals surface area contributed by atoms with E-state index in [1.165, 1.54) is 0 Å². The Kier molecular flexibility index (Phi) is 4.53. The maximum atomic E-state index is 12.0. The predicted molar refractivity (Wildman–Crippen MR) is 70.2 cm³/mol. The van der Waals surface area contributed by atoms with E-state index in [0.717, 1.165) is 4.90 Å². The highest BCUT2D eigenvalue weighted by Crippen LogP contribution is 2.20. The van der Waals surface area contributed by atoms with Gasteiger partial charge in [-0.2, -0.15) is 0 Å². The van der Waals surface area contributed by atoms with E-state index < -0.39 is 10.8 Å². The third-order valence-corrected chi connectivity index (χ3v) is 4.23. The van der Waals surface area contributed by atoms with Crippen LogP contribution in [0.2, 0.25) is 5.02 Å². The fraction of sp³-hybridized carbons (Fsp3) is 0.500. The quantitative estimate of drug-likeness (QED) is 0.907. The zero-order valence-electron chi connectivity index (χ0n) is 9.87. The van der Waals surface area contributed by atoms with Crippen LogP contribution in [0.5, 0.6) is 0 Å². The van der Waals surface area contributed by atoms with Crippen LogP contribution in [0.4, 0.5) is 0 Å². The number of nitrogens with two attached hydrogens (primary N) is 1. The van der Waals surface area contributed by atoms with E-state index in [1.54, 1.807) is 24.3 Å². The summed E-state index contributed by atoms with van der Waals surface area (Å²) >= 11 is 5.77. The molecule has 2 unspecified atom stereocenters. The summed E-state index contributed by atoms with van der Waals surface area (Å²) in [6, 6.07) is 6.99. The second kappa shape index (κ2) is 5.30. The zero-order chi connectivity index (χ0) is 12.3. The van der Waals surface area contributed by atoms with Gasteiger partial charge in [-0.05, 0) is 29.7 Å². The predicted octanol–water partition coefficient (Wildman–Crippen LogP) is 2.82. The average molecular weight is 260 g/mol. The van der Waals surface area contributed by atoms with Crippen LogP contribution < -0.4 is 5.73 Å². The summed E-state index contributed by atoms with van der Waals surface area (Å²) in [5, 5.41) is 0.654. The standard InChI is InChI=1S/C12H18ClNOS/c1-12(2,3)11(14)8-16(15)10-6-4-9(13)5-7-10/h4-7,11H,8,14H2,1-3H3. The smallest absolute Gasteiger partial charge is 0.0545 e. The molecule has 4 heteroatoms. The molecule has 0 saturated carbocycles. The van der Waals surface area contributed by atoms with Crippen LogP contribution >= 0.6 is 11.6 Å². The largest absolute Gasteiger partial charge is 0.326 e. The first-order valence-corrected chi connectivity index (χ1v) is 6.90. The topological polar surface area (TPSA) is 43.1 Å². The minimum atomic E-state index is -1.05. The fourth-order valence-electron chi connectivity index (χ4n) is 1.10. The highest BCUT2D eigenvalue weighted by Gasteiger charge is 2.23. The van der Waals surface area contributed by atoms with Gasteiger partial charge in [0, 0.05) is 21.7 Å². The molecular formula is C12H18ClNOS. The Hall–Kier alpha value is -0.380. The van der Waals surface area contributed by atoms with Gasteiger partial charge in [0.1, 0.15) is 0 Å². The minimum Gasteiger partial charge on any atom is -0.326 e. The Balaban J connectivity index is 2.70. The lowest BCUT2D eigenvalue weighted by Gasteiger charge is -2.26. The molecule has 90 valence electrons. The van der Waals surface area contributed by atoms with E-state index in [-0.39, 0.29) is 11.5 Å². The SMILES string of the molecule is CC(C)(C)C(N)CS(=O)c1ccc(Cl)cc1. The summed E-state index contributed by atoms with van der Waals surface area (Å²) in [5.74, 6) is 0.477. The van der Waals surface area contributed by atoms with E-state index in [1.807, 2.05) is 0 Å². The van der Waals surface area contributed by atoms with Crippen LogP contribution in [0.1, 0.15) is 20.8 Å². The molecule has 0 saturated heterocycles. The van der Waals surface area contributed by atoms with Crippen LogP contribution in [0.25, 0.3) is 0 Å². The fourth-order valence-corrected chi connectivity index (χ4v) is 2.68. The van der Waals surface area contributed by atoms with E-state index >= 15 is 0 Å². The second-order valence-corrected chi connectivity index (χ2v) is 6.87. The lowest BCUT2D eigenvalue weighted by Crippen LogP contribution is -2.39. The molecule has 2 atom stereocenters. The van der Waals surface area contributed by atoms with E-state index in [2.05, 4.69) is 20.8 Å². The molecule has 0 spiro atoms. The first-order valence-electron chi connectivity index (χ1n) is 5.20. The summed E-state index contributed by atoms with van der Waals surface area (Å²) in [7, 11) is -1.05. The number of hydrogen-bond donors (Lipinski definition) is 1. The summed E-state index contributed by atoms with van der Waals surface area (Å²) in [6.45, 7) is 6.16. The van der Waals surface area contributed by atoms with Gasteiger partial charge in [-0.3, -0.25) is 4.21 Å². The molecule has 2 nitrogen and oxygen atoms in total. The van der Waals surface area contributed by atoms with Crippen molar-refractivity contribution in [3.05, 3.63) is 29.3 Å². The van der Waals surface area contributed by atoms with Gasteiger partial charge in [-0.1, -0.05) is 32.4 Å². The third kappa shape index (κ3) is 3.89. The normalized spacial score (nSPS) is 15.8. The Bertz CT molecular complexity index is 370. The molecule has 16 heavy (non-hydrogen) atoms. The molecule has 0 radical (unpaired) electrons. The lowest BCUT2D eigenvalue weighted by atomic mass is 9.89. The van der Waals surface area contributed by atoms with Gasteiger partial charge >= 0.3 is 0 Å². The molecule has 1 aromatic carbocycles. The first kappa shape index (κ1) is 13.7. The molecule has 0 aromatic heterocycles. The van der Waals surface area contributed by atoms with Gasteiger partial charge in [0.2, 0.25) is 0 Å². The van der Waals surface area contributed by atoms with Gasteiger partial charge in [0.05, 0.1) is 10.8 Å². The Morgan fingerprint density at radius 1 is 1.31 bits per heavy atom. The molecule has 0 aliphatic heterocycles. The molecule has 0 heterocycles. The maximum absolute atomic E-state index is 12.0. The van der Waals surface area contributed by atoms with Gasteiger partial charge in [0.15, 0.2) is 0 Å². The van der Waals surface area contributed by atoms with Gasteiger partial charge < -0.3 is 5.73 Å². The highest BCUT2D eigenvalue weighted by molar-refractivity contribution is 7.85. The Labute approximate surface area is 105 Å². The molecule has 1 rings (SSSR count). The maximum Gasteiger partial charge on any atom is 0.0545 e. The molecule has 0 aliphatic carbocycles. The average Bonchev–Trinajstić information content (AvgIpc) is 2.17. The minimum absolute atomic E-state index is 0.0257. The third-order valence-electron chi connectivity index (χ3n) is 2.52. The number of hydrogen-bond acceptors (Lipinski definition) is 2. The summed E-state index contributed by atoms with van der Waals surface area (Å²) < 4.78 is 12.0. The molecule has 0 amide bonds. The molecular weight excluding hydrogens is 242 g/mol. The van der Waals surface area contributed by atoms with Crippen LogP contribution in [0, 0.1) is 5.41 Å². The van der Waals surface area contributed by atoms with Crippen molar-refractivity contribution >= 4 is 22.4 Å². The lowest BCUT2D eigenvalue weighted by molar-refractivity contribution is 0.342. The second-order valence-electron chi connectivity index (χ2n) is 4.94. The van der Waals surface area contributed by atoms with E-state index in [9.17, 15) is 4.21 Å². The van der Waals surface area contributed by atoms with E-state index in [4.69, 9.17) is 17.3 Å². The number of halogens is 1. The Morgan fingerprint density at radius 3 is 2.25 bits per heavy atom. The molecule has 1 aromatic rings. The molecule has 2 N–H and O–H groups in total.